The van der Waals surface area contributed by atoms with E-state index in [2.05, 4.69) is 17.1 Å². The normalized spacial score (nSPS) is 13.7. The summed E-state index contributed by atoms with van der Waals surface area (Å²) in [6, 6.07) is 8.20. The van der Waals surface area contributed by atoms with Gasteiger partial charge in [-0.15, -0.1) is 0 Å². The molecule has 0 saturated carbocycles. The summed E-state index contributed by atoms with van der Waals surface area (Å²) in [6.45, 7) is 8.49. The molecule has 1 aliphatic heterocycles. The first-order valence-corrected chi connectivity index (χ1v) is 8.64. The van der Waals surface area contributed by atoms with E-state index in [1.165, 1.54) is 11.1 Å². The minimum absolute atomic E-state index is 0.0706. The maximum atomic E-state index is 13.0. The largest absolute Gasteiger partial charge is 0.459 e. The molecule has 2 heterocycles. The van der Waals surface area contributed by atoms with Crippen LogP contribution >= 0.6 is 0 Å². The molecule has 2 aromatic rings. The highest BCUT2D eigenvalue weighted by Gasteiger charge is 2.28. The molecule has 0 atom stereocenters. The van der Waals surface area contributed by atoms with Crippen LogP contribution < -0.4 is 0 Å². The van der Waals surface area contributed by atoms with Gasteiger partial charge in [-0.25, -0.2) is 4.79 Å². The lowest BCUT2D eigenvalue weighted by atomic mass is 9.99. The van der Waals surface area contributed by atoms with Crippen LogP contribution in [0.3, 0.4) is 0 Å². The fraction of sp³-hybridized carbons (Fsp3) is 0.400. The molecule has 1 N–H and O–H groups in total. The first-order valence-electron chi connectivity index (χ1n) is 8.64. The van der Waals surface area contributed by atoms with Crippen LogP contribution in [-0.2, 0) is 17.7 Å². The summed E-state index contributed by atoms with van der Waals surface area (Å²) in [6.07, 6.45) is 0.655. The fourth-order valence-corrected chi connectivity index (χ4v) is 3.37. The number of benzene rings is 1. The predicted molar refractivity (Wildman–Crippen MR) is 95.7 cm³/mol. The Kier molecular flexibility index (Phi) is 4.66. The summed E-state index contributed by atoms with van der Waals surface area (Å²) in [4.78, 5) is 30.2. The quantitative estimate of drug-likeness (QED) is 0.871. The molecule has 132 valence electrons. The summed E-state index contributed by atoms with van der Waals surface area (Å²) in [5, 5.41) is 0. The Morgan fingerprint density at radius 1 is 1.16 bits per heavy atom. The number of hydrogen-bond donors (Lipinski definition) is 1. The van der Waals surface area contributed by atoms with Gasteiger partial charge in [-0.1, -0.05) is 24.3 Å². The van der Waals surface area contributed by atoms with Crippen molar-refractivity contribution in [3.05, 3.63) is 57.9 Å². The zero-order chi connectivity index (χ0) is 18.1. The monoisotopic (exact) mass is 340 g/mol. The number of carbonyl (C=O) groups is 2. The van der Waals surface area contributed by atoms with E-state index >= 15 is 0 Å². The molecule has 3 rings (SSSR count). The third-order valence-corrected chi connectivity index (χ3v) is 4.62. The number of H-pyrrole nitrogens is 1. The third kappa shape index (κ3) is 3.31. The number of nitrogens with one attached hydrogen (secondary N) is 1. The van der Waals surface area contributed by atoms with Crippen molar-refractivity contribution >= 4 is 11.9 Å². The number of fused-ring (bicyclic) bond motifs is 1. The smallest absolute Gasteiger partial charge is 0.340 e. The lowest BCUT2D eigenvalue weighted by molar-refractivity contribution is 0.0376. The standard InChI is InChI=1S/C20H24N2O3/c1-12(2)25-20(24)17-13(3)18(21-14(17)4)19(23)22-10-9-15-7-5-6-8-16(15)11-22/h5-8,12,21H,9-11H2,1-4H3. The summed E-state index contributed by atoms with van der Waals surface area (Å²) in [5.74, 6) is -0.456. The number of esters is 1. The average Bonchev–Trinajstić information content (AvgIpc) is 2.87. The molecule has 0 aliphatic carbocycles. The fourth-order valence-electron chi connectivity index (χ4n) is 3.37. The predicted octanol–water partition coefficient (Wildman–Crippen LogP) is 3.40. The second kappa shape index (κ2) is 6.75. The minimum atomic E-state index is -0.385. The van der Waals surface area contributed by atoms with Crippen LogP contribution in [0.4, 0.5) is 0 Å². The number of hydrogen-bond acceptors (Lipinski definition) is 3. The van der Waals surface area contributed by atoms with Crippen molar-refractivity contribution in [1.29, 1.82) is 0 Å². The highest BCUT2D eigenvalue weighted by atomic mass is 16.5. The van der Waals surface area contributed by atoms with E-state index in [4.69, 9.17) is 4.74 Å². The molecule has 5 heteroatoms. The molecular formula is C20H24N2O3. The van der Waals surface area contributed by atoms with Crippen LogP contribution in [0.15, 0.2) is 24.3 Å². The Hall–Kier alpha value is -2.56. The highest BCUT2D eigenvalue weighted by Crippen LogP contribution is 2.24. The Bertz CT molecular complexity index is 820. The molecule has 0 saturated heterocycles. The van der Waals surface area contributed by atoms with Crippen LogP contribution in [0, 0.1) is 13.8 Å². The summed E-state index contributed by atoms with van der Waals surface area (Å²) >= 11 is 0. The van der Waals surface area contributed by atoms with Gasteiger partial charge in [0.15, 0.2) is 0 Å². The summed E-state index contributed by atoms with van der Waals surface area (Å²) in [5.41, 5.74) is 4.76. The third-order valence-electron chi connectivity index (χ3n) is 4.62. The zero-order valence-corrected chi connectivity index (χ0v) is 15.2. The molecule has 0 spiro atoms. The van der Waals surface area contributed by atoms with Gasteiger partial charge >= 0.3 is 5.97 Å². The van der Waals surface area contributed by atoms with Gasteiger partial charge < -0.3 is 14.6 Å². The van der Waals surface area contributed by atoms with E-state index in [1.54, 1.807) is 13.8 Å². The molecule has 1 aromatic heterocycles. The van der Waals surface area contributed by atoms with Crippen LogP contribution in [0.25, 0.3) is 0 Å². The number of ether oxygens (including phenoxy) is 1. The highest BCUT2D eigenvalue weighted by molar-refractivity contribution is 6.00. The number of aromatic nitrogens is 1. The molecule has 0 unspecified atom stereocenters. The van der Waals surface area contributed by atoms with Crippen molar-refractivity contribution in [3.63, 3.8) is 0 Å². The van der Waals surface area contributed by atoms with Gasteiger partial charge in [-0.3, -0.25) is 4.79 Å². The van der Waals surface area contributed by atoms with Crippen molar-refractivity contribution in [2.45, 2.75) is 46.8 Å². The van der Waals surface area contributed by atoms with Gasteiger partial charge in [0, 0.05) is 18.8 Å². The molecule has 1 amide bonds. The van der Waals surface area contributed by atoms with Crippen LogP contribution in [0.5, 0.6) is 0 Å². The molecule has 0 fully saturated rings. The Labute approximate surface area is 148 Å². The maximum Gasteiger partial charge on any atom is 0.340 e. The van der Waals surface area contributed by atoms with Gasteiger partial charge in [0.1, 0.15) is 5.69 Å². The van der Waals surface area contributed by atoms with Crippen LogP contribution in [0.2, 0.25) is 0 Å². The number of amides is 1. The van der Waals surface area contributed by atoms with E-state index in [0.717, 1.165) is 6.42 Å². The maximum absolute atomic E-state index is 13.0. The molecular weight excluding hydrogens is 316 g/mol. The zero-order valence-electron chi connectivity index (χ0n) is 15.2. The summed E-state index contributed by atoms with van der Waals surface area (Å²) in [7, 11) is 0. The first kappa shape index (κ1) is 17.3. The Balaban J connectivity index is 1.85. The van der Waals surface area contributed by atoms with Crippen LogP contribution in [-0.4, -0.2) is 34.4 Å². The number of rotatable bonds is 3. The molecule has 25 heavy (non-hydrogen) atoms. The van der Waals surface area contributed by atoms with Crippen molar-refractivity contribution < 1.29 is 14.3 Å². The van der Waals surface area contributed by atoms with Crippen LogP contribution in [0.1, 0.15) is 57.1 Å². The van der Waals surface area contributed by atoms with E-state index < -0.39 is 0 Å². The first-order chi connectivity index (χ1) is 11.9. The summed E-state index contributed by atoms with van der Waals surface area (Å²) < 4.78 is 5.30. The number of aromatic amines is 1. The van der Waals surface area contributed by atoms with Gasteiger partial charge in [0.2, 0.25) is 0 Å². The van der Waals surface area contributed by atoms with E-state index in [-0.39, 0.29) is 18.0 Å². The SMILES string of the molecule is Cc1[nH]c(C(=O)N2CCc3ccccc3C2)c(C)c1C(=O)OC(C)C. The van der Waals surface area contributed by atoms with E-state index in [1.807, 2.05) is 30.9 Å². The average molecular weight is 340 g/mol. The van der Waals surface area contributed by atoms with Gasteiger partial charge in [-0.05, 0) is 50.8 Å². The van der Waals surface area contributed by atoms with E-state index in [9.17, 15) is 9.59 Å². The molecule has 0 bridgehead atoms. The van der Waals surface area contributed by atoms with Crippen molar-refractivity contribution in [2.24, 2.45) is 0 Å². The van der Waals surface area contributed by atoms with Crippen molar-refractivity contribution in [2.75, 3.05) is 6.54 Å². The van der Waals surface area contributed by atoms with Gasteiger partial charge in [-0.2, -0.15) is 0 Å². The second-order valence-electron chi connectivity index (χ2n) is 6.82. The van der Waals surface area contributed by atoms with Crippen molar-refractivity contribution in [1.82, 2.24) is 9.88 Å². The Morgan fingerprint density at radius 3 is 2.52 bits per heavy atom. The molecule has 1 aromatic carbocycles. The van der Waals surface area contributed by atoms with Gasteiger partial charge in [0.25, 0.3) is 5.91 Å². The van der Waals surface area contributed by atoms with E-state index in [0.29, 0.717) is 35.6 Å². The number of nitrogens with zero attached hydrogens (tertiary/aromatic N) is 1. The minimum Gasteiger partial charge on any atom is -0.459 e. The number of aryl methyl sites for hydroxylation is 1. The van der Waals surface area contributed by atoms with Crippen molar-refractivity contribution in [3.8, 4) is 0 Å². The second-order valence-corrected chi connectivity index (χ2v) is 6.82. The topological polar surface area (TPSA) is 62.4 Å². The Morgan fingerprint density at radius 2 is 1.84 bits per heavy atom. The lowest BCUT2D eigenvalue weighted by Gasteiger charge is -2.28. The molecule has 1 aliphatic rings. The lowest BCUT2D eigenvalue weighted by Crippen LogP contribution is -2.36. The number of carbonyl (C=O) groups excluding carboxylic acids is 2. The molecule has 5 nitrogen and oxygen atoms in total. The van der Waals surface area contributed by atoms with Gasteiger partial charge in [0.05, 0.1) is 11.7 Å². The molecule has 0 radical (unpaired) electrons.